The zero-order valence-electron chi connectivity index (χ0n) is 11.1. The fraction of sp³-hybridized carbons (Fsp3) is 0.429. The number of ketones is 1. The Labute approximate surface area is 112 Å². The molecule has 0 heterocycles. The summed E-state index contributed by atoms with van der Waals surface area (Å²) >= 11 is 0. The minimum absolute atomic E-state index is 0.315. The lowest BCUT2D eigenvalue weighted by Crippen LogP contribution is -2.08. The van der Waals surface area contributed by atoms with Gasteiger partial charge in [-0.3, -0.25) is 9.59 Å². The van der Waals surface area contributed by atoms with Crippen molar-refractivity contribution in [3.8, 4) is 11.5 Å². The van der Waals surface area contributed by atoms with Gasteiger partial charge >= 0.3 is 5.97 Å². The number of carboxylic acid groups (broad SMARTS) is 1. The highest BCUT2D eigenvalue weighted by Gasteiger charge is 2.14. The Hall–Kier alpha value is -2.04. The molecule has 0 aliphatic heterocycles. The molecule has 1 N–H and O–H groups in total. The third-order valence-corrected chi connectivity index (χ3v) is 2.55. The number of Topliss-reactive ketones (excluding diaryl/α,β-unsaturated/α-hetero) is 1. The Morgan fingerprint density at radius 1 is 1.26 bits per heavy atom. The highest BCUT2D eigenvalue weighted by Crippen LogP contribution is 2.28. The number of hydrogen-bond donors (Lipinski definition) is 1. The van der Waals surface area contributed by atoms with Gasteiger partial charge in [-0.1, -0.05) is 13.3 Å². The standard InChI is InChI=1S/C14H18O5/c1-3-4-7-19-13-8-10(5-6-12(13)18-2)11(15)9-14(16)17/h5-6,8H,3-4,7,9H2,1-2H3,(H,16,17). The van der Waals surface area contributed by atoms with E-state index in [2.05, 4.69) is 0 Å². The van der Waals surface area contributed by atoms with E-state index in [1.54, 1.807) is 6.07 Å². The number of carbonyl (C=O) groups is 2. The number of aliphatic carboxylic acids is 1. The number of unbranched alkanes of at least 4 members (excludes halogenated alkanes) is 1. The topological polar surface area (TPSA) is 72.8 Å². The summed E-state index contributed by atoms with van der Waals surface area (Å²) in [7, 11) is 1.51. The maximum Gasteiger partial charge on any atom is 0.311 e. The molecule has 0 saturated heterocycles. The van der Waals surface area contributed by atoms with E-state index in [0.29, 0.717) is 23.7 Å². The van der Waals surface area contributed by atoms with Crippen molar-refractivity contribution in [1.82, 2.24) is 0 Å². The summed E-state index contributed by atoms with van der Waals surface area (Å²) in [6.07, 6.45) is 1.37. The lowest BCUT2D eigenvalue weighted by Gasteiger charge is -2.11. The molecule has 1 rings (SSSR count). The van der Waals surface area contributed by atoms with Crippen LogP contribution in [-0.2, 0) is 4.79 Å². The van der Waals surface area contributed by atoms with Gasteiger partial charge in [0, 0.05) is 5.56 Å². The molecule has 1 aromatic carbocycles. The van der Waals surface area contributed by atoms with Crippen LogP contribution in [0.25, 0.3) is 0 Å². The maximum absolute atomic E-state index is 11.7. The highest BCUT2D eigenvalue weighted by molar-refractivity contribution is 6.05. The Morgan fingerprint density at radius 3 is 2.58 bits per heavy atom. The Morgan fingerprint density at radius 2 is 2.00 bits per heavy atom. The van der Waals surface area contributed by atoms with Crippen molar-refractivity contribution in [2.75, 3.05) is 13.7 Å². The summed E-state index contributed by atoms with van der Waals surface area (Å²) in [5.74, 6) is -0.597. The van der Waals surface area contributed by atoms with Crippen LogP contribution < -0.4 is 9.47 Å². The van der Waals surface area contributed by atoms with Gasteiger partial charge in [-0.15, -0.1) is 0 Å². The van der Waals surface area contributed by atoms with E-state index in [1.165, 1.54) is 19.2 Å². The largest absolute Gasteiger partial charge is 0.493 e. The quantitative estimate of drug-likeness (QED) is 0.444. The summed E-state index contributed by atoms with van der Waals surface area (Å²) < 4.78 is 10.7. The van der Waals surface area contributed by atoms with Crippen LogP contribution in [0.2, 0.25) is 0 Å². The molecule has 5 nitrogen and oxygen atoms in total. The minimum atomic E-state index is -1.14. The van der Waals surface area contributed by atoms with E-state index in [9.17, 15) is 9.59 Å². The maximum atomic E-state index is 11.7. The Balaban J connectivity index is 2.87. The average molecular weight is 266 g/mol. The van der Waals surface area contributed by atoms with Crippen molar-refractivity contribution in [2.24, 2.45) is 0 Å². The lowest BCUT2D eigenvalue weighted by molar-refractivity contribution is -0.135. The molecule has 0 amide bonds. The lowest BCUT2D eigenvalue weighted by atomic mass is 10.1. The van der Waals surface area contributed by atoms with Gasteiger partial charge in [-0.25, -0.2) is 0 Å². The van der Waals surface area contributed by atoms with Crippen LogP contribution in [-0.4, -0.2) is 30.6 Å². The van der Waals surface area contributed by atoms with E-state index in [4.69, 9.17) is 14.6 Å². The number of ether oxygens (including phenoxy) is 2. The summed E-state index contributed by atoms with van der Waals surface area (Å²) in [4.78, 5) is 22.2. The molecule has 5 heteroatoms. The third kappa shape index (κ3) is 4.62. The molecular weight excluding hydrogens is 248 g/mol. The molecule has 0 unspecified atom stereocenters. The van der Waals surface area contributed by atoms with Gasteiger partial charge in [0.05, 0.1) is 13.7 Å². The molecule has 0 aromatic heterocycles. The van der Waals surface area contributed by atoms with Gasteiger partial charge in [0.25, 0.3) is 0 Å². The molecule has 0 saturated carbocycles. The van der Waals surface area contributed by atoms with E-state index in [0.717, 1.165) is 12.8 Å². The van der Waals surface area contributed by atoms with Crippen LogP contribution in [0.3, 0.4) is 0 Å². The molecule has 0 spiro atoms. The van der Waals surface area contributed by atoms with E-state index in [-0.39, 0.29) is 0 Å². The van der Waals surface area contributed by atoms with Crippen LogP contribution in [0.5, 0.6) is 11.5 Å². The van der Waals surface area contributed by atoms with Crippen LogP contribution in [0.4, 0.5) is 0 Å². The zero-order valence-corrected chi connectivity index (χ0v) is 11.1. The molecule has 0 aliphatic rings. The first kappa shape index (κ1) is 15.0. The smallest absolute Gasteiger partial charge is 0.311 e. The van der Waals surface area contributed by atoms with Gasteiger partial charge in [-0.2, -0.15) is 0 Å². The second kappa shape index (κ2) is 7.41. The molecular formula is C14H18O5. The summed E-state index contributed by atoms with van der Waals surface area (Å²) in [5, 5.41) is 8.61. The number of hydrogen-bond acceptors (Lipinski definition) is 4. The van der Waals surface area contributed by atoms with Crippen molar-refractivity contribution in [3.63, 3.8) is 0 Å². The first-order valence-electron chi connectivity index (χ1n) is 6.14. The number of methoxy groups -OCH3 is 1. The fourth-order valence-corrected chi connectivity index (χ4v) is 1.53. The molecule has 0 atom stereocenters. The number of carbonyl (C=O) groups excluding carboxylic acids is 1. The first-order valence-corrected chi connectivity index (χ1v) is 6.14. The van der Waals surface area contributed by atoms with Crippen LogP contribution >= 0.6 is 0 Å². The predicted octanol–water partition coefficient (Wildman–Crippen LogP) is 2.53. The van der Waals surface area contributed by atoms with Gasteiger partial charge in [0.15, 0.2) is 17.3 Å². The molecule has 0 radical (unpaired) electrons. The molecule has 104 valence electrons. The van der Waals surface area contributed by atoms with Gasteiger partial charge in [-0.05, 0) is 24.6 Å². The normalized spacial score (nSPS) is 10.0. The second-order valence-electron chi connectivity index (χ2n) is 4.06. The minimum Gasteiger partial charge on any atom is -0.493 e. The van der Waals surface area contributed by atoms with E-state index in [1.807, 2.05) is 6.92 Å². The monoisotopic (exact) mass is 266 g/mol. The molecule has 0 fully saturated rings. The van der Waals surface area contributed by atoms with Crippen molar-refractivity contribution < 1.29 is 24.2 Å². The number of rotatable bonds is 8. The second-order valence-corrected chi connectivity index (χ2v) is 4.06. The summed E-state index contributed by atoms with van der Waals surface area (Å²) in [6.45, 7) is 2.58. The van der Waals surface area contributed by atoms with Gasteiger partial charge < -0.3 is 14.6 Å². The van der Waals surface area contributed by atoms with Crippen molar-refractivity contribution >= 4 is 11.8 Å². The van der Waals surface area contributed by atoms with Crippen LogP contribution in [0.15, 0.2) is 18.2 Å². The number of carboxylic acids is 1. The zero-order chi connectivity index (χ0) is 14.3. The molecule has 0 aliphatic carbocycles. The van der Waals surface area contributed by atoms with Crippen molar-refractivity contribution in [3.05, 3.63) is 23.8 Å². The number of benzene rings is 1. The predicted molar refractivity (Wildman–Crippen MR) is 70.0 cm³/mol. The van der Waals surface area contributed by atoms with Crippen LogP contribution in [0, 0.1) is 0 Å². The fourth-order valence-electron chi connectivity index (χ4n) is 1.53. The molecule has 0 bridgehead atoms. The van der Waals surface area contributed by atoms with E-state index < -0.39 is 18.2 Å². The molecule has 19 heavy (non-hydrogen) atoms. The van der Waals surface area contributed by atoms with Gasteiger partial charge in [0.1, 0.15) is 6.42 Å². The summed E-state index contributed by atoms with van der Waals surface area (Å²) in [6, 6.07) is 4.67. The van der Waals surface area contributed by atoms with Gasteiger partial charge in [0.2, 0.25) is 0 Å². The first-order chi connectivity index (χ1) is 9.08. The van der Waals surface area contributed by atoms with Crippen molar-refractivity contribution in [1.29, 1.82) is 0 Å². The summed E-state index contributed by atoms with van der Waals surface area (Å²) in [5.41, 5.74) is 0.315. The van der Waals surface area contributed by atoms with Crippen LogP contribution in [0.1, 0.15) is 36.5 Å². The highest BCUT2D eigenvalue weighted by atomic mass is 16.5. The third-order valence-electron chi connectivity index (χ3n) is 2.55. The molecule has 1 aromatic rings. The average Bonchev–Trinajstić information content (AvgIpc) is 2.38. The SMILES string of the molecule is CCCCOc1cc(C(=O)CC(=O)O)ccc1OC. The Bertz CT molecular complexity index is 453. The van der Waals surface area contributed by atoms with Crippen molar-refractivity contribution in [2.45, 2.75) is 26.2 Å². The Kier molecular flexibility index (Phi) is 5.85. The van der Waals surface area contributed by atoms with E-state index >= 15 is 0 Å².